The first kappa shape index (κ1) is 15.5. The van der Waals surface area contributed by atoms with E-state index in [2.05, 4.69) is 6.92 Å². The fraction of sp³-hybridized carbons (Fsp3) is 0.600. The van der Waals surface area contributed by atoms with Gasteiger partial charge in [0.05, 0.1) is 4.90 Å². The number of benzene rings is 1. The fourth-order valence-electron chi connectivity index (χ4n) is 3.05. The van der Waals surface area contributed by atoms with Gasteiger partial charge in [-0.2, -0.15) is 4.31 Å². The van der Waals surface area contributed by atoms with Crippen LogP contribution in [0, 0.1) is 5.41 Å². The Kier molecular flexibility index (Phi) is 4.83. The molecule has 112 valence electrons. The Morgan fingerprint density at radius 1 is 1.30 bits per heavy atom. The summed E-state index contributed by atoms with van der Waals surface area (Å²) >= 11 is 0. The Bertz CT molecular complexity index is 525. The molecule has 0 bridgehead atoms. The van der Waals surface area contributed by atoms with E-state index < -0.39 is 10.0 Å². The minimum absolute atomic E-state index is 0.0572. The number of aliphatic hydroxyl groups is 1. The van der Waals surface area contributed by atoms with Gasteiger partial charge in [0.1, 0.15) is 0 Å². The van der Waals surface area contributed by atoms with Gasteiger partial charge in [-0.15, -0.1) is 0 Å². The molecule has 1 aliphatic heterocycles. The van der Waals surface area contributed by atoms with Crippen molar-refractivity contribution in [1.82, 2.24) is 4.31 Å². The SMILES string of the molecule is CCC[C@]1(CO)CCCN(S(=O)(=O)c2ccccc2)C1. The lowest BCUT2D eigenvalue weighted by Crippen LogP contribution is -2.47. The van der Waals surface area contributed by atoms with Gasteiger partial charge in [-0.05, 0) is 31.4 Å². The van der Waals surface area contributed by atoms with E-state index in [0.717, 1.165) is 25.7 Å². The summed E-state index contributed by atoms with van der Waals surface area (Å²) in [5.74, 6) is 0. The van der Waals surface area contributed by atoms with E-state index in [9.17, 15) is 13.5 Å². The third kappa shape index (κ3) is 3.05. The lowest BCUT2D eigenvalue weighted by atomic mass is 9.78. The van der Waals surface area contributed by atoms with Crippen LogP contribution in [0.2, 0.25) is 0 Å². The zero-order chi connectivity index (χ0) is 14.6. The van der Waals surface area contributed by atoms with Crippen molar-refractivity contribution in [2.75, 3.05) is 19.7 Å². The molecule has 1 saturated heterocycles. The standard InChI is InChI=1S/C15H23NO3S/c1-2-9-15(13-17)10-6-11-16(12-15)20(18,19)14-7-4-3-5-8-14/h3-5,7-8,17H,2,6,9-13H2,1H3/t15-/m0/s1. The van der Waals surface area contributed by atoms with Gasteiger partial charge in [-0.3, -0.25) is 0 Å². The molecule has 0 saturated carbocycles. The molecule has 5 heteroatoms. The van der Waals surface area contributed by atoms with Gasteiger partial charge in [-0.25, -0.2) is 8.42 Å². The highest BCUT2D eigenvalue weighted by Crippen LogP contribution is 2.36. The van der Waals surface area contributed by atoms with Crippen LogP contribution in [-0.4, -0.2) is 37.5 Å². The van der Waals surface area contributed by atoms with Gasteiger partial charge >= 0.3 is 0 Å². The lowest BCUT2D eigenvalue weighted by molar-refractivity contribution is 0.0558. The number of nitrogens with zero attached hydrogens (tertiary/aromatic N) is 1. The van der Waals surface area contributed by atoms with Crippen LogP contribution in [-0.2, 0) is 10.0 Å². The average Bonchev–Trinajstić information content (AvgIpc) is 2.49. The molecule has 1 fully saturated rings. The topological polar surface area (TPSA) is 57.6 Å². The van der Waals surface area contributed by atoms with E-state index in [1.165, 1.54) is 4.31 Å². The van der Waals surface area contributed by atoms with E-state index in [4.69, 9.17) is 0 Å². The van der Waals surface area contributed by atoms with Crippen molar-refractivity contribution in [1.29, 1.82) is 0 Å². The largest absolute Gasteiger partial charge is 0.396 e. The molecule has 0 radical (unpaired) electrons. The second-order valence-corrected chi connectivity index (χ2v) is 7.60. The van der Waals surface area contributed by atoms with Gasteiger partial charge in [-0.1, -0.05) is 31.5 Å². The summed E-state index contributed by atoms with van der Waals surface area (Å²) in [6.07, 6.45) is 3.54. The Morgan fingerprint density at radius 3 is 2.60 bits per heavy atom. The maximum Gasteiger partial charge on any atom is 0.243 e. The quantitative estimate of drug-likeness (QED) is 0.907. The summed E-state index contributed by atoms with van der Waals surface area (Å²) < 4.78 is 26.8. The van der Waals surface area contributed by atoms with Crippen molar-refractivity contribution in [3.8, 4) is 0 Å². The predicted octanol–water partition coefficient (Wildman–Crippen LogP) is 2.25. The Morgan fingerprint density at radius 2 is 2.00 bits per heavy atom. The fourth-order valence-corrected chi connectivity index (χ4v) is 4.66. The van der Waals surface area contributed by atoms with E-state index in [0.29, 0.717) is 18.0 Å². The molecule has 0 unspecified atom stereocenters. The number of piperidine rings is 1. The van der Waals surface area contributed by atoms with E-state index >= 15 is 0 Å². The second kappa shape index (κ2) is 6.24. The summed E-state index contributed by atoms with van der Waals surface area (Å²) in [5, 5.41) is 9.71. The third-order valence-electron chi connectivity index (χ3n) is 4.12. The van der Waals surface area contributed by atoms with Gasteiger partial charge < -0.3 is 5.11 Å². The van der Waals surface area contributed by atoms with Crippen LogP contribution in [0.4, 0.5) is 0 Å². The maximum atomic E-state index is 12.6. The van der Waals surface area contributed by atoms with Crippen molar-refractivity contribution >= 4 is 10.0 Å². The number of sulfonamides is 1. The van der Waals surface area contributed by atoms with E-state index in [1.807, 2.05) is 6.07 Å². The molecule has 4 nitrogen and oxygen atoms in total. The summed E-state index contributed by atoms with van der Waals surface area (Å²) in [6, 6.07) is 8.55. The van der Waals surface area contributed by atoms with Crippen LogP contribution >= 0.6 is 0 Å². The molecule has 0 spiro atoms. The Labute approximate surface area is 121 Å². The molecular weight excluding hydrogens is 274 g/mol. The molecule has 0 aromatic heterocycles. The molecule has 1 atom stereocenters. The van der Waals surface area contributed by atoms with E-state index in [1.54, 1.807) is 24.3 Å². The van der Waals surface area contributed by atoms with Crippen LogP contribution < -0.4 is 0 Å². The van der Waals surface area contributed by atoms with Gasteiger partial charge in [0.15, 0.2) is 0 Å². The summed E-state index contributed by atoms with van der Waals surface area (Å²) in [7, 11) is -3.44. The molecule has 20 heavy (non-hydrogen) atoms. The van der Waals surface area contributed by atoms with Crippen molar-refractivity contribution in [3.63, 3.8) is 0 Å². The van der Waals surface area contributed by atoms with Gasteiger partial charge in [0, 0.05) is 25.1 Å². The van der Waals surface area contributed by atoms with Crippen molar-refractivity contribution in [2.24, 2.45) is 5.41 Å². The molecule has 1 N–H and O–H groups in total. The lowest BCUT2D eigenvalue weighted by Gasteiger charge is -2.41. The van der Waals surface area contributed by atoms with Gasteiger partial charge in [0.2, 0.25) is 10.0 Å². The average molecular weight is 297 g/mol. The zero-order valence-electron chi connectivity index (χ0n) is 12.0. The molecule has 1 aliphatic rings. The number of hydrogen-bond donors (Lipinski definition) is 1. The number of hydrogen-bond acceptors (Lipinski definition) is 3. The molecule has 1 aromatic rings. The molecule has 1 aromatic carbocycles. The van der Waals surface area contributed by atoms with Crippen LogP contribution in [0.15, 0.2) is 35.2 Å². The summed E-state index contributed by atoms with van der Waals surface area (Å²) in [5.41, 5.74) is -0.269. The third-order valence-corrected chi connectivity index (χ3v) is 5.98. The van der Waals surface area contributed by atoms with Crippen molar-refractivity contribution < 1.29 is 13.5 Å². The van der Waals surface area contributed by atoms with Crippen LogP contribution in [0.25, 0.3) is 0 Å². The maximum absolute atomic E-state index is 12.6. The van der Waals surface area contributed by atoms with Crippen LogP contribution in [0.5, 0.6) is 0 Å². The Hall–Kier alpha value is -0.910. The first-order chi connectivity index (χ1) is 9.54. The minimum atomic E-state index is -3.44. The number of rotatable bonds is 5. The first-order valence-electron chi connectivity index (χ1n) is 7.20. The van der Waals surface area contributed by atoms with E-state index in [-0.39, 0.29) is 12.0 Å². The first-order valence-corrected chi connectivity index (χ1v) is 8.64. The minimum Gasteiger partial charge on any atom is -0.396 e. The summed E-state index contributed by atoms with van der Waals surface area (Å²) in [4.78, 5) is 0.338. The van der Waals surface area contributed by atoms with Crippen LogP contribution in [0.1, 0.15) is 32.6 Å². The molecule has 0 amide bonds. The predicted molar refractivity (Wildman–Crippen MR) is 78.9 cm³/mol. The highest BCUT2D eigenvalue weighted by Gasteiger charge is 2.39. The molecule has 0 aliphatic carbocycles. The zero-order valence-corrected chi connectivity index (χ0v) is 12.8. The normalized spacial score (nSPS) is 24.7. The van der Waals surface area contributed by atoms with Crippen molar-refractivity contribution in [3.05, 3.63) is 30.3 Å². The monoisotopic (exact) mass is 297 g/mol. The highest BCUT2D eigenvalue weighted by atomic mass is 32.2. The van der Waals surface area contributed by atoms with Crippen molar-refractivity contribution in [2.45, 2.75) is 37.5 Å². The molecular formula is C15H23NO3S. The molecule has 1 heterocycles. The smallest absolute Gasteiger partial charge is 0.243 e. The number of aliphatic hydroxyl groups excluding tert-OH is 1. The Balaban J connectivity index is 2.24. The van der Waals surface area contributed by atoms with Gasteiger partial charge in [0.25, 0.3) is 0 Å². The highest BCUT2D eigenvalue weighted by molar-refractivity contribution is 7.89. The molecule has 2 rings (SSSR count). The van der Waals surface area contributed by atoms with Crippen LogP contribution in [0.3, 0.4) is 0 Å². The summed E-state index contributed by atoms with van der Waals surface area (Å²) in [6.45, 7) is 3.10. The second-order valence-electron chi connectivity index (χ2n) is 5.66.